The second-order valence-electron chi connectivity index (χ2n) is 2.32. The molecule has 0 aromatic heterocycles. The van der Waals surface area contributed by atoms with Crippen molar-refractivity contribution >= 4 is 13.9 Å². The molecule has 0 fully saturated rings. The lowest BCUT2D eigenvalue weighted by molar-refractivity contribution is -0.110. The fourth-order valence-corrected chi connectivity index (χ4v) is 0.865. The minimum atomic E-state index is -4.03. The maximum atomic E-state index is 10.2. The van der Waals surface area contributed by atoms with Gasteiger partial charge in [-0.05, 0) is 6.42 Å². The van der Waals surface area contributed by atoms with Crippen molar-refractivity contribution < 1.29 is 19.1 Å². The van der Waals surface area contributed by atoms with Crippen LogP contribution in [0.3, 0.4) is 0 Å². The highest BCUT2D eigenvalue weighted by molar-refractivity contribution is 7.55. The molecule has 0 saturated carbocycles. The van der Waals surface area contributed by atoms with Crippen LogP contribution in [0.1, 0.15) is 13.3 Å². The molecule has 0 aliphatic heterocycles. The summed E-state index contributed by atoms with van der Waals surface area (Å²) in [6, 6.07) is 0. The molecule has 1 atom stereocenters. The van der Waals surface area contributed by atoms with E-state index in [9.17, 15) is 9.36 Å². The second kappa shape index (κ2) is 4.44. The van der Waals surface area contributed by atoms with Crippen LogP contribution in [0.2, 0.25) is 0 Å². The standard InChI is InChI=1S/C6H11O4P/c1-6(5-7)3-2-4-11(8,9)10/h2,4-6H,3H2,1H3,(H2,8,9,10)/b4-2-. The van der Waals surface area contributed by atoms with Gasteiger partial charge in [-0.3, -0.25) is 4.57 Å². The van der Waals surface area contributed by atoms with E-state index >= 15 is 0 Å². The van der Waals surface area contributed by atoms with Crippen molar-refractivity contribution in [3.05, 3.63) is 11.9 Å². The van der Waals surface area contributed by atoms with Crippen molar-refractivity contribution in [1.29, 1.82) is 0 Å². The van der Waals surface area contributed by atoms with E-state index in [-0.39, 0.29) is 5.92 Å². The van der Waals surface area contributed by atoms with Gasteiger partial charge in [0.15, 0.2) is 0 Å². The summed E-state index contributed by atoms with van der Waals surface area (Å²) in [5.74, 6) is 0.630. The summed E-state index contributed by atoms with van der Waals surface area (Å²) < 4.78 is 10.2. The van der Waals surface area contributed by atoms with Crippen molar-refractivity contribution in [1.82, 2.24) is 0 Å². The zero-order valence-corrected chi connectivity index (χ0v) is 7.07. The van der Waals surface area contributed by atoms with Crippen molar-refractivity contribution in [3.63, 3.8) is 0 Å². The van der Waals surface area contributed by atoms with Crippen molar-refractivity contribution in [2.45, 2.75) is 13.3 Å². The van der Waals surface area contributed by atoms with Crippen LogP contribution in [0.25, 0.3) is 0 Å². The Balaban J connectivity index is 3.79. The van der Waals surface area contributed by atoms with Gasteiger partial charge in [0.05, 0.1) is 0 Å². The molecule has 0 heterocycles. The lowest BCUT2D eigenvalue weighted by Crippen LogP contribution is -1.91. The lowest BCUT2D eigenvalue weighted by atomic mass is 10.1. The Kier molecular flexibility index (Phi) is 4.26. The monoisotopic (exact) mass is 178 g/mol. The molecule has 4 nitrogen and oxygen atoms in total. The first kappa shape index (κ1) is 10.6. The third kappa shape index (κ3) is 7.46. The molecule has 1 unspecified atom stereocenters. The van der Waals surface area contributed by atoms with E-state index in [4.69, 9.17) is 9.79 Å². The van der Waals surface area contributed by atoms with E-state index in [1.807, 2.05) is 0 Å². The number of hydrogen-bond donors (Lipinski definition) is 2. The summed E-state index contributed by atoms with van der Waals surface area (Å²) in [5.41, 5.74) is 0. The smallest absolute Gasteiger partial charge is 0.321 e. The summed E-state index contributed by atoms with van der Waals surface area (Å²) in [6.07, 6.45) is 2.43. The molecule has 11 heavy (non-hydrogen) atoms. The van der Waals surface area contributed by atoms with Gasteiger partial charge >= 0.3 is 7.60 Å². The van der Waals surface area contributed by atoms with Crippen LogP contribution in [0, 0.1) is 5.92 Å². The Bertz CT molecular complexity index is 193. The van der Waals surface area contributed by atoms with Crippen LogP contribution in [-0.4, -0.2) is 16.1 Å². The van der Waals surface area contributed by atoms with Crippen molar-refractivity contribution in [2.75, 3.05) is 0 Å². The number of allylic oxidation sites excluding steroid dienone is 1. The number of hydrogen-bond acceptors (Lipinski definition) is 2. The summed E-state index contributed by atoms with van der Waals surface area (Å²) in [4.78, 5) is 26.7. The number of carbonyl (C=O) groups is 1. The van der Waals surface area contributed by atoms with Gasteiger partial charge in [0.2, 0.25) is 0 Å². The van der Waals surface area contributed by atoms with Gasteiger partial charge in [-0.25, -0.2) is 0 Å². The van der Waals surface area contributed by atoms with Crippen molar-refractivity contribution in [2.24, 2.45) is 5.92 Å². The van der Waals surface area contributed by atoms with E-state index in [0.717, 1.165) is 12.1 Å². The maximum Gasteiger partial charge on any atom is 0.348 e. The van der Waals surface area contributed by atoms with Gasteiger partial charge < -0.3 is 14.6 Å². The Hall–Kier alpha value is -0.440. The Labute approximate surface area is 65.1 Å². The second-order valence-corrected chi connectivity index (χ2v) is 3.80. The molecule has 0 aliphatic carbocycles. The van der Waals surface area contributed by atoms with Gasteiger partial charge in [0.1, 0.15) is 6.29 Å². The third-order valence-corrected chi connectivity index (χ3v) is 1.64. The highest BCUT2D eigenvalue weighted by atomic mass is 31.2. The van der Waals surface area contributed by atoms with Crippen LogP contribution in [-0.2, 0) is 9.36 Å². The predicted molar refractivity (Wildman–Crippen MR) is 41.0 cm³/mol. The van der Waals surface area contributed by atoms with Crippen LogP contribution >= 0.6 is 7.60 Å². The third-order valence-electron chi connectivity index (χ3n) is 1.04. The van der Waals surface area contributed by atoms with E-state index in [1.54, 1.807) is 6.92 Å². The summed E-state index contributed by atoms with van der Waals surface area (Å²) >= 11 is 0. The number of rotatable bonds is 4. The number of carbonyl (C=O) groups excluding carboxylic acids is 1. The van der Waals surface area contributed by atoms with Gasteiger partial charge in [0.25, 0.3) is 0 Å². The maximum absolute atomic E-state index is 10.2. The summed E-state index contributed by atoms with van der Waals surface area (Å²) in [5, 5.41) is 0. The van der Waals surface area contributed by atoms with E-state index in [2.05, 4.69) is 0 Å². The molecule has 64 valence electrons. The van der Waals surface area contributed by atoms with Crippen molar-refractivity contribution in [3.8, 4) is 0 Å². The van der Waals surface area contributed by atoms with Crippen LogP contribution in [0.15, 0.2) is 11.9 Å². The van der Waals surface area contributed by atoms with E-state index in [1.165, 1.54) is 6.08 Å². The molecular weight excluding hydrogens is 167 g/mol. The molecule has 0 aromatic rings. The normalized spacial score (nSPS) is 15.2. The Morgan fingerprint density at radius 1 is 1.55 bits per heavy atom. The predicted octanol–water partition coefficient (Wildman–Crippen LogP) is 0.903. The molecule has 0 rings (SSSR count). The van der Waals surface area contributed by atoms with E-state index in [0.29, 0.717) is 6.42 Å². The van der Waals surface area contributed by atoms with Gasteiger partial charge in [-0.2, -0.15) is 0 Å². The highest BCUT2D eigenvalue weighted by Crippen LogP contribution is 2.36. The lowest BCUT2D eigenvalue weighted by Gasteiger charge is -1.96. The SMILES string of the molecule is CC(C=O)C/C=C\P(=O)(O)O. The van der Waals surface area contributed by atoms with E-state index < -0.39 is 7.60 Å². The largest absolute Gasteiger partial charge is 0.348 e. The molecule has 0 radical (unpaired) electrons. The Morgan fingerprint density at radius 2 is 2.09 bits per heavy atom. The van der Waals surface area contributed by atoms with Crippen LogP contribution in [0.4, 0.5) is 0 Å². The molecule has 0 saturated heterocycles. The highest BCUT2D eigenvalue weighted by Gasteiger charge is 2.05. The molecule has 0 amide bonds. The first-order chi connectivity index (χ1) is 4.95. The van der Waals surface area contributed by atoms with Gasteiger partial charge in [0, 0.05) is 11.7 Å². The van der Waals surface area contributed by atoms with Crippen LogP contribution < -0.4 is 0 Å². The molecule has 0 aromatic carbocycles. The zero-order chi connectivity index (χ0) is 8.91. The molecule has 0 spiro atoms. The molecular formula is C6H11O4P. The fourth-order valence-electron chi connectivity index (χ4n) is 0.468. The average molecular weight is 178 g/mol. The first-order valence-corrected chi connectivity index (χ1v) is 4.82. The average Bonchev–Trinajstić information content (AvgIpc) is 1.85. The topological polar surface area (TPSA) is 74.6 Å². The zero-order valence-electron chi connectivity index (χ0n) is 6.17. The quantitative estimate of drug-likeness (QED) is 0.495. The minimum absolute atomic E-state index is 0.183. The van der Waals surface area contributed by atoms with Gasteiger partial charge in [-0.1, -0.05) is 13.0 Å². The van der Waals surface area contributed by atoms with Crippen LogP contribution in [0.5, 0.6) is 0 Å². The van der Waals surface area contributed by atoms with Gasteiger partial charge in [-0.15, -0.1) is 0 Å². The summed E-state index contributed by atoms with van der Waals surface area (Å²) in [6.45, 7) is 1.68. The Morgan fingerprint density at radius 3 is 2.45 bits per heavy atom. The molecule has 2 N–H and O–H groups in total. The number of aldehydes is 1. The fraction of sp³-hybridized carbons (Fsp3) is 0.500. The first-order valence-electron chi connectivity index (χ1n) is 3.14. The minimum Gasteiger partial charge on any atom is -0.321 e. The molecule has 0 aliphatic rings. The summed E-state index contributed by atoms with van der Waals surface area (Å²) in [7, 11) is -4.03. The molecule has 5 heteroatoms. The molecule has 0 bridgehead atoms.